The van der Waals surface area contributed by atoms with E-state index in [1.165, 1.54) is 4.88 Å². The summed E-state index contributed by atoms with van der Waals surface area (Å²) >= 11 is 1.63. The Bertz CT molecular complexity index is 382. The van der Waals surface area contributed by atoms with Crippen molar-refractivity contribution in [2.45, 2.75) is 52.4 Å². The maximum absolute atomic E-state index is 12.6. The van der Waals surface area contributed by atoms with Crippen molar-refractivity contribution in [3.8, 4) is 0 Å². The van der Waals surface area contributed by atoms with Gasteiger partial charge >= 0.3 is 0 Å². The Morgan fingerprint density at radius 3 is 2.35 bits per heavy atom. The molecule has 0 aromatic carbocycles. The summed E-state index contributed by atoms with van der Waals surface area (Å²) in [5.74, 6) is 0.205. The summed E-state index contributed by atoms with van der Waals surface area (Å²) in [4.78, 5) is 16.7. The van der Waals surface area contributed by atoms with E-state index in [1.54, 1.807) is 11.3 Å². The lowest BCUT2D eigenvalue weighted by molar-refractivity contribution is 0.0756. The molecule has 1 amide bonds. The van der Waals surface area contributed by atoms with Crippen LogP contribution in [0.15, 0.2) is 12.1 Å². The fourth-order valence-corrected chi connectivity index (χ4v) is 3.09. The molecule has 20 heavy (non-hydrogen) atoms. The average Bonchev–Trinajstić information content (AvgIpc) is 2.93. The number of nitrogens with two attached hydrogens (primary N) is 1. The Kier molecular flexibility index (Phi) is 8.54. The van der Waals surface area contributed by atoms with Crippen molar-refractivity contribution in [3.63, 3.8) is 0 Å². The summed E-state index contributed by atoms with van der Waals surface area (Å²) in [6.07, 6.45) is 6.40. The van der Waals surface area contributed by atoms with Crippen LogP contribution < -0.4 is 5.73 Å². The monoisotopic (exact) mass is 296 g/mol. The Labute approximate surface area is 127 Å². The van der Waals surface area contributed by atoms with E-state index in [4.69, 9.17) is 5.73 Å². The SMILES string of the molecule is CCCCN(CCCC)C(=O)c1ccc(CCCN)s1. The van der Waals surface area contributed by atoms with Crippen LogP contribution in [0.25, 0.3) is 0 Å². The lowest BCUT2D eigenvalue weighted by Gasteiger charge is -2.21. The average molecular weight is 296 g/mol. The highest BCUT2D eigenvalue weighted by molar-refractivity contribution is 7.14. The van der Waals surface area contributed by atoms with Crippen molar-refractivity contribution in [2.24, 2.45) is 5.73 Å². The van der Waals surface area contributed by atoms with Gasteiger partial charge < -0.3 is 10.6 Å². The number of hydrogen-bond acceptors (Lipinski definition) is 3. The van der Waals surface area contributed by atoms with Gasteiger partial charge in [0.05, 0.1) is 4.88 Å². The minimum absolute atomic E-state index is 0.205. The van der Waals surface area contributed by atoms with E-state index in [9.17, 15) is 4.79 Å². The maximum atomic E-state index is 12.6. The molecule has 0 spiro atoms. The molecule has 0 aliphatic heterocycles. The molecule has 4 heteroatoms. The van der Waals surface area contributed by atoms with Gasteiger partial charge in [0.15, 0.2) is 0 Å². The van der Waals surface area contributed by atoms with Crippen LogP contribution in [-0.2, 0) is 6.42 Å². The standard InChI is InChI=1S/C16H28N2OS/c1-3-5-12-18(13-6-4-2)16(19)15-10-9-14(20-15)8-7-11-17/h9-10H,3-8,11-13,17H2,1-2H3. The van der Waals surface area contributed by atoms with E-state index in [1.807, 2.05) is 11.0 Å². The normalized spacial score (nSPS) is 10.8. The first-order chi connectivity index (χ1) is 9.72. The third kappa shape index (κ3) is 5.63. The van der Waals surface area contributed by atoms with Crippen molar-refractivity contribution in [3.05, 3.63) is 21.9 Å². The predicted octanol–water partition coefficient (Wildman–Crippen LogP) is 3.68. The number of unbranched alkanes of at least 4 members (excludes halogenated alkanes) is 2. The molecule has 0 saturated heterocycles. The van der Waals surface area contributed by atoms with Gasteiger partial charge in [0.2, 0.25) is 0 Å². The molecule has 0 aliphatic carbocycles. The molecule has 0 radical (unpaired) electrons. The van der Waals surface area contributed by atoms with E-state index >= 15 is 0 Å². The number of aryl methyl sites for hydroxylation is 1. The Hall–Kier alpha value is -0.870. The number of carbonyl (C=O) groups is 1. The molecule has 3 nitrogen and oxygen atoms in total. The summed E-state index contributed by atoms with van der Waals surface area (Å²) in [6.45, 7) is 6.80. The van der Waals surface area contributed by atoms with Gasteiger partial charge in [-0.3, -0.25) is 4.79 Å². The molecular weight excluding hydrogens is 268 g/mol. The van der Waals surface area contributed by atoms with Gasteiger partial charge in [-0.15, -0.1) is 11.3 Å². The summed E-state index contributed by atoms with van der Waals surface area (Å²) in [6, 6.07) is 4.05. The highest BCUT2D eigenvalue weighted by Crippen LogP contribution is 2.20. The fourth-order valence-electron chi connectivity index (χ4n) is 2.07. The third-order valence-corrected chi connectivity index (χ3v) is 4.48. The second kappa shape index (κ2) is 9.94. The van der Waals surface area contributed by atoms with E-state index in [0.717, 1.165) is 56.5 Å². The van der Waals surface area contributed by atoms with Crippen LogP contribution in [0.2, 0.25) is 0 Å². The number of hydrogen-bond donors (Lipinski definition) is 1. The van der Waals surface area contributed by atoms with E-state index in [0.29, 0.717) is 6.54 Å². The molecule has 2 N–H and O–H groups in total. The Morgan fingerprint density at radius 2 is 1.80 bits per heavy atom. The highest BCUT2D eigenvalue weighted by Gasteiger charge is 2.16. The molecule has 1 aromatic heterocycles. The van der Waals surface area contributed by atoms with Crippen LogP contribution in [0.1, 0.15) is 60.5 Å². The van der Waals surface area contributed by atoms with E-state index < -0.39 is 0 Å². The third-order valence-electron chi connectivity index (χ3n) is 3.35. The lowest BCUT2D eigenvalue weighted by Crippen LogP contribution is -2.32. The highest BCUT2D eigenvalue weighted by atomic mass is 32.1. The van der Waals surface area contributed by atoms with Crippen molar-refractivity contribution in [1.82, 2.24) is 4.90 Å². The summed E-state index contributed by atoms with van der Waals surface area (Å²) in [5.41, 5.74) is 5.53. The molecule has 0 fully saturated rings. The van der Waals surface area contributed by atoms with Gasteiger partial charge in [0.25, 0.3) is 5.91 Å². The summed E-state index contributed by atoms with van der Waals surface area (Å²) in [5, 5.41) is 0. The molecule has 1 aromatic rings. The first-order valence-electron chi connectivity index (χ1n) is 7.81. The van der Waals surface area contributed by atoms with Gasteiger partial charge in [-0.2, -0.15) is 0 Å². The second-order valence-electron chi connectivity index (χ2n) is 5.16. The quantitative estimate of drug-likeness (QED) is 0.716. The Morgan fingerprint density at radius 1 is 1.15 bits per heavy atom. The summed E-state index contributed by atoms with van der Waals surface area (Å²) in [7, 11) is 0. The van der Waals surface area contributed by atoms with Gasteiger partial charge in [-0.25, -0.2) is 0 Å². The lowest BCUT2D eigenvalue weighted by atomic mass is 10.2. The fraction of sp³-hybridized carbons (Fsp3) is 0.688. The molecule has 0 unspecified atom stereocenters. The topological polar surface area (TPSA) is 46.3 Å². The summed E-state index contributed by atoms with van der Waals surface area (Å²) < 4.78 is 0. The zero-order chi connectivity index (χ0) is 14.8. The maximum Gasteiger partial charge on any atom is 0.263 e. The number of rotatable bonds is 10. The van der Waals surface area contributed by atoms with E-state index in [-0.39, 0.29) is 5.91 Å². The molecule has 114 valence electrons. The van der Waals surface area contributed by atoms with E-state index in [2.05, 4.69) is 19.9 Å². The molecule has 1 heterocycles. The van der Waals surface area contributed by atoms with Crippen LogP contribution in [0, 0.1) is 0 Å². The molecule has 0 aliphatic rings. The number of carbonyl (C=O) groups excluding carboxylic acids is 1. The van der Waals surface area contributed by atoms with Crippen molar-refractivity contribution >= 4 is 17.2 Å². The molecule has 0 atom stereocenters. The first-order valence-corrected chi connectivity index (χ1v) is 8.62. The van der Waals surface area contributed by atoms with Crippen LogP contribution in [0.5, 0.6) is 0 Å². The molecular formula is C16H28N2OS. The smallest absolute Gasteiger partial charge is 0.263 e. The molecule has 0 saturated carbocycles. The molecule has 0 bridgehead atoms. The van der Waals surface area contributed by atoms with Crippen molar-refractivity contribution < 1.29 is 4.79 Å². The minimum atomic E-state index is 0.205. The predicted molar refractivity (Wildman–Crippen MR) is 87.4 cm³/mol. The number of amides is 1. The largest absolute Gasteiger partial charge is 0.338 e. The van der Waals surface area contributed by atoms with Crippen molar-refractivity contribution in [1.29, 1.82) is 0 Å². The van der Waals surface area contributed by atoms with Gasteiger partial charge in [-0.05, 0) is 44.4 Å². The zero-order valence-electron chi connectivity index (χ0n) is 12.9. The van der Waals surface area contributed by atoms with Gasteiger partial charge in [-0.1, -0.05) is 26.7 Å². The number of nitrogens with zero attached hydrogens (tertiary/aromatic N) is 1. The second-order valence-corrected chi connectivity index (χ2v) is 6.33. The minimum Gasteiger partial charge on any atom is -0.338 e. The van der Waals surface area contributed by atoms with Crippen LogP contribution in [0.3, 0.4) is 0 Å². The Balaban J connectivity index is 2.64. The zero-order valence-corrected chi connectivity index (χ0v) is 13.7. The van der Waals surface area contributed by atoms with Crippen LogP contribution in [0.4, 0.5) is 0 Å². The first kappa shape index (κ1) is 17.2. The number of thiophene rings is 1. The molecule has 1 rings (SSSR count). The van der Waals surface area contributed by atoms with Crippen molar-refractivity contribution in [2.75, 3.05) is 19.6 Å². The van der Waals surface area contributed by atoms with Gasteiger partial charge in [0, 0.05) is 18.0 Å². The van der Waals surface area contributed by atoms with Crippen LogP contribution >= 0.6 is 11.3 Å². The van der Waals surface area contributed by atoms with Crippen LogP contribution in [-0.4, -0.2) is 30.4 Å². The van der Waals surface area contributed by atoms with Gasteiger partial charge in [0.1, 0.15) is 0 Å².